The summed E-state index contributed by atoms with van der Waals surface area (Å²) in [6.07, 6.45) is 1.70. The van der Waals surface area contributed by atoms with Crippen LogP contribution in [0.25, 0.3) is 16.3 Å². The molecule has 1 aromatic carbocycles. The van der Waals surface area contributed by atoms with Gasteiger partial charge in [0.1, 0.15) is 5.01 Å². The highest BCUT2D eigenvalue weighted by Crippen LogP contribution is 2.24. The molecule has 0 radical (unpaired) electrons. The van der Waals surface area contributed by atoms with E-state index in [-0.39, 0.29) is 5.97 Å². The molecule has 0 aliphatic heterocycles. The number of aromatic nitrogens is 1. The molecule has 2 rings (SSSR count). The maximum Gasteiger partial charge on any atom is 0.337 e. The molecule has 0 N–H and O–H groups in total. The van der Waals surface area contributed by atoms with E-state index < -0.39 is 0 Å². The molecule has 2 aromatic rings. The molecule has 3 nitrogen and oxygen atoms in total. The zero-order chi connectivity index (χ0) is 14.8. The van der Waals surface area contributed by atoms with Crippen molar-refractivity contribution in [1.82, 2.24) is 4.98 Å². The smallest absolute Gasteiger partial charge is 0.337 e. The fourth-order valence-electron chi connectivity index (χ4n) is 1.27. The number of thiazole rings is 1. The lowest BCUT2D eigenvalue weighted by molar-refractivity contribution is 0.0601. The highest BCUT2D eigenvalue weighted by atomic mass is 32.1. The van der Waals surface area contributed by atoms with Crippen LogP contribution in [-0.2, 0) is 4.74 Å². The van der Waals surface area contributed by atoms with Crippen molar-refractivity contribution in [3.05, 3.63) is 35.3 Å². The van der Waals surface area contributed by atoms with E-state index in [1.807, 2.05) is 33.8 Å². The van der Waals surface area contributed by atoms with E-state index in [0.717, 1.165) is 15.2 Å². The summed E-state index contributed by atoms with van der Waals surface area (Å²) in [6.45, 7) is 11.7. The van der Waals surface area contributed by atoms with E-state index >= 15 is 0 Å². The number of hydrogen-bond donors (Lipinski definition) is 0. The first-order valence-electron chi connectivity index (χ1n) is 6.36. The van der Waals surface area contributed by atoms with E-state index in [4.69, 9.17) is 0 Å². The van der Waals surface area contributed by atoms with Crippen LogP contribution in [0.3, 0.4) is 0 Å². The lowest BCUT2D eigenvalue weighted by atomic mass is 10.2. The van der Waals surface area contributed by atoms with Crippen LogP contribution >= 0.6 is 11.3 Å². The minimum Gasteiger partial charge on any atom is -0.465 e. The molecule has 19 heavy (non-hydrogen) atoms. The molecule has 0 unspecified atom stereocenters. The number of nitrogens with zero attached hydrogens (tertiary/aromatic N) is 1. The lowest BCUT2D eigenvalue weighted by Crippen LogP contribution is -1.99. The molecule has 1 aromatic heterocycles. The zero-order valence-electron chi connectivity index (χ0n) is 12.2. The summed E-state index contributed by atoms with van der Waals surface area (Å²) >= 11 is 1.50. The second-order valence-corrected chi connectivity index (χ2v) is 3.99. The van der Waals surface area contributed by atoms with E-state index in [9.17, 15) is 4.79 Å². The molecular weight excluding hydrogens is 258 g/mol. The largest absolute Gasteiger partial charge is 0.465 e. The van der Waals surface area contributed by atoms with Gasteiger partial charge in [0.15, 0.2) is 0 Å². The van der Waals surface area contributed by atoms with Crippen LogP contribution in [0, 0.1) is 0 Å². The third-order valence-electron chi connectivity index (χ3n) is 2.00. The van der Waals surface area contributed by atoms with Crippen molar-refractivity contribution in [2.45, 2.75) is 27.7 Å². The predicted molar refractivity (Wildman–Crippen MR) is 83.7 cm³/mol. The first-order valence-corrected chi connectivity index (χ1v) is 7.17. The van der Waals surface area contributed by atoms with Crippen molar-refractivity contribution < 1.29 is 9.53 Å². The second kappa shape index (κ2) is 9.28. The lowest BCUT2D eigenvalue weighted by Gasteiger charge is -1.97. The fourth-order valence-corrected chi connectivity index (χ4v) is 2.13. The first kappa shape index (κ1) is 17.3. The molecule has 0 saturated heterocycles. The van der Waals surface area contributed by atoms with Crippen LogP contribution in [0.4, 0.5) is 0 Å². The van der Waals surface area contributed by atoms with Gasteiger partial charge in [-0.2, -0.15) is 0 Å². The number of hydrogen-bond acceptors (Lipinski definition) is 4. The van der Waals surface area contributed by atoms with Crippen molar-refractivity contribution in [2.75, 3.05) is 7.11 Å². The fraction of sp³-hybridized carbons (Fsp3) is 0.333. The number of rotatable bonds is 2. The van der Waals surface area contributed by atoms with Gasteiger partial charge in [-0.3, -0.25) is 0 Å². The van der Waals surface area contributed by atoms with E-state index in [2.05, 4.69) is 16.3 Å². The summed E-state index contributed by atoms with van der Waals surface area (Å²) < 4.78 is 5.61. The number of fused-ring (bicyclic) bond motifs is 1. The van der Waals surface area contributed by atoms with Gasteiger partial charge in [0.2, 0.25) is 0 Å². The standard InChI is InChI=1S/C11H9NO2S.2C2H6/c1-3-10-12-8-5-4-7(11(13)14-2)6-9(8)15-10;2*1-2/h3-6H,1H2,2H3;2*1-2H3. The summed E-state index contributed by atoms with van der Waals surface area (Å²) in [4.78, 5) is 15.6. The molecule has 0 spiro atoms. The number of carbonyl (C=O) groups excluding carboxylic acids is 1. The minimum atomic E-state index is -0.328. The van der Waals surface area contributed by atoms with Crippen LogP contribution in [0.5, 0.6) is 0 Å². The van der Waals surface area contributed by atoms with Crippen molar-refractivity contribution in [3.8, 4) is 0 Å². The molecule has 0 bridgehead atoms. The third-order valence-corrected chi connectivity index (χ3v) is 3.01. The average molecular weight is 279 g/mol. The summed E-state index contributed by atoms with van der Waals surface area (Å²) in [5, 5.41) is 0.854. The van der Waals surface area contributed by atoms with Crippen molar-refractivity contribution in [2.24, 2.45) is 0 Å². The highest BCUT2D eigenvalue weighted by molar-refractivity contribution is 7.19. The van der Waals surface area contributed by atoms with Crippen molar-refractivity contribution >= 4 is 33.6 Å². The van der Waals surface area contributed by atoms with Gasteiger partial charge in [-0.25, -0.2) is 9.78 Å². The van der Waals surface area contributed by atoms with E-state index in [0.29, 0.717) is 5.56 Å². The summed E-state index contributed by atoms with van der Waals surface area (Å²) in [5.41, 5.74) is 1.42. The van der Waals surface area contributed by atoms with E-state index in [1.54, 1.807) is 18.2 Å². The SMILES string of the molecule is C=Cc1nc2ccc(C(=O)OC)cc2s1.CC.CC. The first-order chi connectivity index (χ1) is 9.24. The average Bonchev–Trinajstić information content (AvgIpc) is 2.92. The van der Waals surface area contributed by atoms with Gasteiger partial charge in [0.05, 0.1) is 22.9 Å². The molecule has 0 atom stereocenters. The van der Waals surface area contributed by atoms with Gasteiger partial charge in [-0.05, 0) is 24.3 Å². The maximum atomic E-state index is 11.3. The number of benzene rings is 1. The van der Waals surface area contributed by atoms with Crippen LogP contribution in [0.2, 0.25) is 0 Å². The van der Waals surface area contributed by atoms with Crippen molar-refractivity contribution in [1.29, 1.82) is 0 Å². The highest BCUT2D eigenvalue weighted by Gasteiger charge is 2.08. The molecule has 0 aliphatic carbocycles. The van der Waals surface area contributed by atoms with Gasteiger partial charge in [-0.15, -0.1) is 11.3 Å². The second-order valence-electron chi connectivity index (χ2n) is 2.93. The molecule has 0 amide bonds. The summed E-state index contributed by atoms with van der Waals surface area (Å²) in [6, 6.07) is 5.30. The number of methoxy groups -OCH3 is 1. The predicted octanol–water partition coefficient (Wildman–Crippen LogP) is 4.78. The normalized spacial score (nSPS) is 8.68. The molecule has 1 heterocycles. The molecule has 0 fully saturated rings. The Morgan fingerprint density at radius 2 is 1.95 bits per heavy atom. The van der Waals surface area contributed by atoms with Gasteiger partial charge in [0, 0.05) is 0 Å². The van der Waals surface area contributed by atoms with Gasteiger partial charge in [0.25, 0.3) is 0 Å². The zero-order valence-corrected chi connectivity index (χ0v) is 13.0. The third kappa shape index (κ3) is 4.48. The Balaban J connectivity index is 0.000000741. The molecule has 104 valence electrons. The van der Waals surface area contributed by atoms with Crippen LogP contribution in [-0.4, -0.2) is 18.1 Å². The number of esters is 1. The van der Waals surface area contributed by atoms with Crippen LogP contribution in [0.15, 0.2) is 24.8 Å². The molecule has 0 aliphatic rings. The summed E-state index contributed by atoms with van der Waals surface area (Å²) in [7, 11) is 1.37. The minimum absolute atomic E-state index is 0.328. The van der Waals surface area contributed by atoms with Crippen LogP contribution in [0.1, 0.15) is 43.1 Å². The van der Waals surface area contributed by atoms with Gasteiger partial charge < -0.3 is 4.74 Å². The monoisotopic (exact) mass is 279 g/mol. The Morgan fingerprint density at radius 1 is 1.32 bits per heavy atom. The van der Waals surface area contributed by atoms with Gasteiger partial charge in [-0.1, -0.05) is 34.3 Å². The molecule has 4 heteroatoms. The van der Waals surface area contributed by atoms with Crippen LogP contribution < -0.4 is 0 Å². The Hall–Kier alpha value is -1.68. The molecule has 0 saturated carbocycles. The summed E-state index contributed by atoms with van der Waals surface area (Å²) in [5.74, 6) is -0.328. The Bertz CT molecular complexity index is 532. The maximum absolute atomic E-state index is 11.3. The Morgan fingerprint density at radius 3 is 2.47 bits per heavy atom. The Labute approximate surface area is 118 Å². The quantitative estimate of drug-likeness (QED) is 0.743. The number of carbonyl (C=O) groups is 1. The van der Waals surface area contributed by atoms with Gasteiger partial charge >= 0.3 is 5.97 Å². The molecular formula is C15H21NO2S. The van der Waals surface area contributed by atoms with E-state index in [1.165, 1.54) is 18.4 Å². The van der Waals surface area contributed by atoms with Crippen molar-refractivity contribution in [3.63, 3.8) is 0 Å². The number of ether oxygens (including phenoxy) is 1. The topological polar surface area (TPSA) is 39.2 Å². The Kier molecular flexibility index (Phi) is 8.46.